The van der Waals surface area contributed by atoms with Crippen LogP contribution in [0.25, 0.3) is 0 Å². The topological polar surface area (TPSA) is 78.0 Å². The lowest BCUT2D eigenvalue weighted by Crippen LogP contribution is -2.14. The van der Waals surface area contributed by atoms with Gasteiger partial charge in [-0.1, -0.05) is 13.0 Å². The molecule has 0 fully saturated rings. The van der Waals surface area contributed by atoms with Crippen molar-refractivity contribution < 1.29 is 14.3 Å². The molecule has 2 aromatic rings. The van der Waals surface area contributed by atoms with E-state index in [4.69, 9.17) is 0 Å². The van der Waals surface area contributed by atoms with Gasteiger partial charge in [0.25, 0.3) is 5.91 Å². The summed E-state index contributed by atoms with van der Waals surface area (Å²) in [6.07, 6.45) is 0.744. The number of halogens is 1. The Morgan fingerprint density at radius 3 is 2.94 bits per heavy atom. The van der Waals surface area contributed by atoms with Crippen molar-refractivity contribution in [2.24, 2.45) is 0 Å². The van der Waals surface area contributed by atoms with Crippen LogP contribution in [0.4, 0.5) is 10.2 Å². The molecule has 0 aliphatic rings. The van der Waals surface area contributed by atoms with Gasteiger partial charge in [-0.15, -0.1) is 0 Å². The van der Waals surface area contributed by atoms with Crippen LogP contribution in [0.15, 0.2) is 24.3 Å². The van der Waals surface area contributed by atoms with E-state index in [0.717, 1.165) is 18.2 Å². The number of nitrogens with one attached hydrogen (secondary N) is 2. The van der Waals surface area contributed by atoms with E-state index in [-0.39, 0.29) is 0 Å². The molecule has 0 atom stereocenters. The number of amides is 1. The van der Waals surface area contributed by atoms with E-state index in [0.29, 0.717) is 5.82 Å². The first-order valence-corrected chi connectivity index (χ1v) is 5.45. The van der Waals surface area contributed by atoms with Crippen LogP contribution in [0.3, 0.4) is 0 Å². The summed E-state index contributed by atoms with van der Waals surface area (Å²) in [6, 6.07) is 5.33. The Morgan fingerprint density at radius 1 is 1.56 bits per heavy atom. The van der Waals surface area contributed by atoms with Crippen molar-refractivity contribution in [3.8, 4) is 5.75 Å². The molecule has 1 heterocycles. The molecule has 0 spiro atoms. The third kappa shape index (κ3) is 2.32. The molecule has 5 nitrogen and oxygen atoms in total. The number of hydrogen-bond donors (Lipinski definition) is 3. The Hall–Kier alpha value is -2.37. The second kappa shape index (κ2) is 4.87. The summed E-state index contributed by atoms with van der Waals surface area (Å²) >= 11 is 0. The summed E-state index contributed by atoms with van der Waals surface area (Å²) in [6.45, 7) is 1.93. The molecule has 0 radical (unpaired) electrons. The highest BCUT2D eigenvalue weighted by atomic mass is 19.1. The zero-order valence-electron chi connectivity index (χ0n) is 9.70. The molecule has 18 heavy (non-hydrogen) atoms. The maximum atomic E-state index is 13.4. The van der Waals surface area contributed by atoms with E-state index in [1.807, 2.05) is 6.92 Å². The van der Waals surface area contributed by atoms with Gasteiger partial charge in [0.15, 0.2) is 5.82 Å². The number of phenols is 1. The Morgan fingerprint density at radius 2 is 2.33 bits per heavy atom. The number of hydrogen-bond acceptors (Lipinski definition) is 3. The van der Waals surface area contributed by atoms with Gasteiger partial charge in [-0.05, 0) is 18.6 Å². The van der Waals surface area contributed by atoms with Crippen LogP contribution in [0.5, 0.6) is 5.75 Å². The molecule has 94 valence electrons. The van der Waals surface area contributed by atoms with Crippen molar-refractivity contribution in [3.63, 3.8) is 0 Å². The normalized spacial score (nSPS) is 10.3. The van der Waals surface area contributed by atoms with Crippen LogP contribution in [-0.2, 0) is 6.42 Å². The lowest BCUT2D eigenvalue weighted by Gasteiger charge is -2.05. The predicted molar refractivity (Wildman–Crippen MR) is 64.0 cm³/mol. The minimum absolute atomic E-state index is 0.291. The van der Waals surface area contributed by atoms with Gasteiger partial charge in [-0.2, -0.15) is 5.10 Å². The number of anilines is 1. The standard InChI is InChI=1S/C12H12FN3O2/c1-2-7-6-10(16-15-7)14-12(18)11-8(13)4-3-5-9(11)17/h3-6,17H,2H2,1H3,(H2,14,15,16,18). The van der Waals surface area contributed by atoms with Crippen molar-refractivity contribution in [3.05, 3.63) is 41.3 Å². The fourth-order valence-corrected chi connectivity index (χ4v) is 1.52. The Bertz CT molecular complexity index is 560. The summed E-state index contributed by atoms with van der Waals surface area (Å²) in [7, 11) is 0. The van der Waals surface area contributed by atoms with Gasteiger partial charge < -0.3 is 10.4 Å². The van der Waals surface area contributed by atoms with E-state index >= 15 is 0 Å². The number of nitrogens with zero attached hydrogens (tertiary/aromatic N) is 1. The first-order valence-electron chi connectivity index (χ1n) is 5.45. The number of aromatic hydroxyl groups is 1. The van der Waals surface area contributed by atoms with Crippen LogP contribution in [0, 0.1) is 5.82 Å². The Balaban J connectivity index is 2.22. The van der Waals surface area contributed by atoms with Gasteiger partial charge in [0.2, 0.25) is 0 Å². The van der Waals surface area contributed by atoms with Gasteiger partial charge in [0.1, 0.15) is 17.1 Å². The molecule has 0 saturated carbocycles. The Labute approximate surface area is 103 Å². The molecular formula is C12H12FN3O2. The number of H-pyrrole nitrogens is 1. The van der Waals surface area contributed by atoms with Crippen molar-refractivity contribution in [1.82, 2.24) is 10.2 Å². The highest BCUT2D eigenvalue weighted by Crippen LogP contribution is 2.21. The van der Waals surface area contributed by atoms with Gasteiger partial charge in [0, 0.05) is 11.8 Å². The van der Waals surface area contributed by atoms with Crippen LogP contribution in [0.1, 0.15) is 23.0 Å². The van der Waals surface area contributed by atoms with E-state index in [1.54, 1.807) is 6.07 Å². The van der Waals surface area contributed by atoms with Crippen molar-refractivity contribution in [2.75, 3.05) is 5.32 Å². The van der Waals surface area contributed by atoms with Gasteiger partial charge >= 0.3 is 0 Å². The third-order valence-corrected chi connectivity index (χ3v) is 2.47. The summed E-state index contributed by atoms with van der Waals surface area (Å²) in [5.74, 6) is -1.63. The van der Waals surface area contributed by atoms with Crippen LogP contribution >= 0.6 is 0 Å². The number of aryl methyl sites for hydroxylation is 1. The predicted octanol–water partition coefficient (Wildman–Crippen LogP) is 2.07. The summed E-state index contributed by atoms with van der Waals surface area (Å²) < 4.78 is 13.4. The van der Waals surface area contributed by atoms with Crippen LogP contribution < -0.4 is 5.32 Å². The molecule has 1 amide bonds. The van der Waals surface area contributed by atoms with E-state index in [1.165, 1.54) is 12.1 Å². The van der Waals surface area contributed by atoms with Crippen molar-refractivity contribution in [1.29, 1.82) is 0 Å². The van der Waals surface area contributed by atoms with Gasteiger partial charge in [-0.25, -0.2) is 4.39 Å². The fraction of sp³-hybridized carbons (Fsp3) is 0.167. The number of aromatic amines is 1. The Kier molecular flexibility index (Phi) is 3.27. The zero-order chi connectivity index (χ0) is 13.1. The van der Waals surface area contributed by atoms with Crippen molar-refractivity contribution in [2.45, 2.75) is 13.3 Å². The van der Waals surface area contributed by atoms with E-state index < -0.39 is 23.0 Å². The number of aromatic nitrogens is 2. The minimum atomic E-state index is -0.779. The molecule has 1 aromatic carbocycles. The van der Waals surface area contributed by atoms with Gasteiger partial charge in [-0.3, -0.25) is 9.89 Å². The van der Waals surface area contributed by atoms with E-state index in [9.17, 15) is 14.3 Å². The first-order chi connectivity index (χ1) is 8.61. The highest BCUT2D eigenvalue weighted by Gasteiger charge is 2.17. The molecule has 0 saturated heterocycles. The largest absolute Gasteiger partial charge is 0.507 e. The summed E-state index contributed by atoms with van der Waals surface area (Å²) in [5.41, 5.74) is 0.460. The maximum absolute atomic E-state index is 13.4. The zero-order valence-corrected chi connectivity index (χ0v) is 9.70. The second-order valence-electron chi connectivity index (χ2n) is 3.72. The molecule has 0 aliphatic carbocycles. The molecule has 1 aromatic heterocycles. The molecule has 3 N–H and O–H groups in total. The van der Waals surface area contributed by atoms with E-state index in [2.05, 4.69) is 15.5 Å². The summed E-state index contributed by atoms with van der Waals surface area (Å²) in [4.78, 5) is 11.8. The minimum Gasteiger partial charge on any atom is -0.507 e. The lowest BCUT2D eigenvalue weighted by molar-refractivity contribution is 0.102. The second-order valence-corrected chi connectivity index (χ2v) is 3.72. The number of carbonyl (C=O) groups is 1. The maximum Gasteiger partial charge on any atom is 0.263 e. The molecule has 0 unspecified atom stereocenters. The number of carbonyl (C=O) groups excluding carboxylic acids is 1. The first kappa shape index (κ1) is 12.1. The molecular weight excluding hydrogens is 237 g/mol. The van der Waals surface area contributed by atoms with Crippen LogP contribution in [0.2, 0.25) is 0 Å². The quantitative estimate of drug-likeness (QED) is 0.779. The summed E-state index contributed by atoms with van der Waals surface area (Å²) in [5, 5.41) is 18.4. The SMILES string of the molecule is CCc1cc(NC(=O)c2c(O)cccc2F)n[nH]1. The highest BCUT2D eigenvalue weighted by molar-refractivity contribution is 6.05. The fourth-order valence-electron chi connectivity index (χ4n) is 1.52. The third-order valence-electron chi connectivity index (χ3n) is 2.47. The van der Waals surface area contributed by atoms with Gasteiger partial charge in [0.05, 0.1) is 0 Å². The number of benzene rings is 1. The van der Waals surface area contributed by atoms with Crippen LogP contribution in [-0.4, -0.2) is 21.2 Å². The average molecular weight is 249 g/mol. The van der Waals surface area contributed by atoms with Crippen molar-refractivity contribution >= 4 is 11.7 Å². The smallest absolute Gasteiger partial charge is 0.263 e. The molecule has 6 heteroatoms. The molecule has 2 rings (SSSR count). The molecule has 0 bridgehead atoms. The lowest BCUT2D eigenvalue weighted by atomic mass is 10.1. The average Bonchev–Trinajstić information content (AvgIpc) is 2.76. The molecule has 0 aliphatic heterocycles. The number of rotatable bonds is 3. The monoisotopic (exact) mass is 249 g/mol. The number of phenolic OH excluding ortho intramolecular Hbond substituents is 1.